The van der Waals surface area contributed by atoms with Gasteiger partial charge in [0.25, 0.3) is 11.5 Å². The second-order valence-electron chi connectivity index (χ2n) is 5.13. The van der Waals surface area contributed by atoms with Gasteiger partial charge in [-0.3, -0.25) is 9.59 Å². The Labute approximate surface area is 143 Å². The monoisotopic (exact) mass is 367 g/mol. The van der Waals surface area contributed by atoms with Crippen LogP contribution in [0.15, 0.2) is 47.3 Å². The topological polar surface area (TPSA) is 74.8 Å². The molecule has 3 rings (SSSR count). The maximum absolute atomic E-state index is 12.5. The van der Waals surface area contributed by atoms with Crippen molar-refractivity contribution in [1.82, 2.24) is 10.2 Å². The Morgan fingerprint density at radius 3 is 2.40 bits per heavy atom. The number of hydrogen-bond acceptors (Lipinski definition) is 3. The van der Waals surface area contributed by atoms with Gasteiger partial charge in [0, 0.05) is 16.6 Å². The van der Waals surface area contributed by atoms with Crippen molar-refractivity contribution < 1.29 is 18.0 Å². The van der Waals surface area contributed by atoms with Crippen LogP contribution >= 0.6 is 11.6 Å². The molecule has 0 spiro atoms. The number of carbonyl (C=O) groups excluding carboxylic acids is 1. The lowest BCUT2D eigenvalue weighted by Crippen LogP contribution is -2.14. The Morgan fingerprint density at radius 1 is 1.08 bits per heavy atom. The number of aromatic nitrogens is 2. The van der Waals surface area contributed by atoms with Crippen LogP contribution in [0.2, 0.25) is 5.15 Å². The van der Waals surface area contributed by atoms with Gasteiger partial charge < -0.3 is 5.32 Å². The number of amides is 1. The predicted molar refractivity (Wildman–Crippen MR) is 86.8 cm³/mol. The number of carbonyl (C=O) groups is 1. The molecule has 128 valence electrons. The number of halogens is 4. The van der Waals surface area contributed by atoms with Crippen molar-refractivity contribution in [3.63, 3.8) is 0 Å². The maximum atomic E-state index is 12.5. The molecule has 2 aromatic carbocycles. The van der Waals surface area contributed by atoms with E-state index in [2.05, 4.69) is 15.5 Å². The van der Waals surface area contributed by atoms with Gasteiger partial charge in [0.2, 0.25) is 0 Å². The Morgan fingerprint density at radius 2 is 1.76 bits per heavy atom. The van der Waals surface area contributed by atoms with Crippen molar-refractivity contribution in [2.45, 2.75) is 6.18 Å². The van der Waals surface area contributed by atoms with Crippen LogP contribution in [0.25, 0.3) is 10.8 Å². The average molecular weight is 368 g/mol. The van der Waals surface area contributed by atoms with Gasteiger partial charge in [-0.2, -0.15) is 18.3 Å². The Hall–Kier alpha value is -2.87. The molecule has 0 fully saturated rings. The highest BCUT2D eigenvalue weighted by Crippen LogP contribution is 2.30. The van der Waals surface area contributed by atoms with Crippen LogP contribution in [0, 0.1) is 0 Å². The lowest BCUT2D eigenvalue weighted by molar-refractivity contribution is -0.137. The molecule has 1 heterocycles. The zero-order valence-electron chi connectivity index (χ0n) is 12.3. The summed E-state index contributed by atoms with van der Waals surface area (Å²) >= 11 is 5.87. The van der Waals surface area contributed by atoms with Gasteiger partial charge in [0.05, 0.1) is 10.9 Å². The minimum Gasteiger partial charge on any atom is -0.322 e. The Balaban J connectivity index is 1.87. The highest BCUT2D eigenvalue weighted by molar-refractivity contribution is 6.34. The Kier molecular flexibility index (Phi) is 4.22. The molecule has 1 aromatic heterocycles. The second kappa shape index (κ2) is 6.21. The third-order valence-electron chi connectivity index (χ3n) is 3.47. The number of anilines is 1. The van der Waals surface area contributed by atoms with E-state index in [1.165, 1.54) is 18.2 Å². The van der Waals surface area contributed by atoms with Crippen LogP contribution in [-0.2, 0) is 6.18 Å². The number of H-pyrrole nitrogens is 1. The largest absolute Gasteiger partial charge is 0.416 e. The van der Waals surface area contributed by atoms with Gasteiger partial charge in [0.15, 0.2) is 5.15 Å². The summed E-state index contributed by atoms with van der Waals surface area (Å²) in [6.07, 6.45) is -4.45. The molecule has 0 aliphatic carbocycles. The molecule has 0 aliphatic heterocycles. The number of hydrogen-bond donors (Lipinski definition) is 2. The molecule has 0 bridgehead atoms. The highest BCUT2D eigenvalue weighted by Gasteiger charge is 2.30. The first-order valence-corrected chi connectivity index (χ1v) is 7.30. The molecular weight excluding hydrogens is 359 g/mol. The smallest absolute Gasteiger partial charge is 0.322 e. The first kappa shape index (κ1) is 17.0. The number of alkyl halides is 3. The van der Waals surface area contributed by atoms with E-state index >= 15 is 0 Å². The van der Waals surface area contributed by atoms with E-state index < -0.39 is 23.2 Å². The maximum Gasteiger partial charge on any atom is 0.416 e. The van der Waals surface area contributed by atoms with E-state index in [1.54, 1.807) is 0 Å². The quantitative estimate of drug-likeness (QED) is 0.722. The predicted octanol–water partition coefficient (Wildman–Crippen LogP) is 3.85. The van der Waals surface area contributed by atoms with Crippen molar-refractivity contribution >= 4 is 34.0 Å². The van der Waals surface area contributed by atoms with Gasteiger partial charge in [-0.05, 0) is 36.4 Å². The van der Waals surface area contributed by atoms with Gasteiger partial charge in [-0.15, -0.1) is 0 Å². The molecule has 0 radical (unpaired) electrons. The van der Waals surface area contributed by atoms with E-state index in [0.29, 0.717) is 5.39 Å². The lowest BCUT2D eigenvalue weighted by atomic mass is 10.1. The van der Waals surface area contributed by atoms with Crippen LogP contribution in [-0.4, -0.2) is 16.1 Å². The Bertz CT molecular complexity index is 1010. The number of rotatable bonds is 2. The van der Waals surface area contributed by atoms with Crippen LogP contribution in [0.1, 0.15) is 15.9 Å². The number of nitrogens with one attached hydrogen (secondary N) is 2. The third-order valence-corrected chi connectivity index (χ3v) is 3.76. The molecule has 0 atom stereocenters. The fraction of sp³-hybridized carbons (Fsp3) is 0.0625. The number of fused-ring (bicyclic) bond motifs is 1. The van der Waals surface area contributed by atoms with Crippen LogP contribution in [0.4, 0.5) is 18.9 Å². The van der Waals surface area contributed by atoms with Crippen molar-refractivity contribution in [3.8, 4) is 0 Å². The standard InChI is InChI=1S/C16H9ClF3N3O2/c17-13-11-6-1-8(7-12(11)15(25)23-22-13)14(24)21-10-4-2-9(3-5-10)16(18,19)20/h1-7H,(H,21,24)(H,23,25). The molecule has 1 amide bonds. The van der Waals surface area contributed by atoms with E-state index in [0.717, 1.165) is 24.3 Å². The lowest BCUT2D eigenvalue weighted by Gasteiger charge is -2.09. The van der Waals surface area contributed by atoms with E-state index in [-0.39, 0.29) is 21.8 Å². The van der Waals surface area contributed by atoms with Gasteiger partial charge in [-0.25, -0.2) is 5.10 Å². The average Bonchev–Trinajstić information content (AvgIpc) is 2.57. The summed E-state index contributed by atoms with van der Waals surface area (Å²) in [4.78, 5) is 24.0. The van der Waals surface area contributed by atoms with Gasteiger partial charge in [-0.1, -0.05) is 17.7 Å². The van der Waals surface area contributed by atoms with E-state index in [4.69, 9.17) is 11.6 Å². The first-order valence-electron chi connectivity index (χ1n) is 6.92. The molecule has 9 heteroatoms. The number of aromatic amines is 1. The van der Waals surface area contributed by atoms with Crippen LogP contribution in [0.3, 0.4) is 0 Å². The molecule has 3 aromatic rings. The SMILES string of the molecule is O=C(Nc1ccc(C(F)(F)F)cc1)c1ccc2c(Cl)n[nH]c(=O)c2c1. The molecule has 0 saturated carbocycles. The molecule has 0 aliphatic rings. The van der Waals surface area contributed by atoms with Gasteiger partial charge in [0.1, 0.15) is 0 Å². The van der Waals surface area contributed by atoms with Crippen molar-refractivity contribution in [2.75, 3.05) is 5.32 Å². The van der Waals surface area contributed by atoms with Crippen molar-refractivity contribution in [1.29, 1.82) is 0 Å². The number of nitrogens with zero attached hydrogens (tertiary/aromatic N) is 1. The third kappa shape index (κ3) is 3.48. The molecule has 0 unspecified atom stereocenters. The molecule has 5 nitrogen and oxygen atoms in total. The van der Waals surface area contributed by atoms with E-state index in [1.807, 2.05) is 0 Å². The molecule has 2 N–H and O–H groups in total. The summed E-state index contributed by atoms with van der Waals surface area (Å²) in [6.45, 7) is 0. The van der Waals surface area contributed by atoms with E-state index in [9.17, 15) is 22.8 Å². The minimum absolute atomic E-state index is 0.0873. The molecule has 25 heavy (non-hydrogen) atoms. The summed E-state index contributed by atoms with van der Waals surface area (Å²) in [6, 6.07) is 8.28. The van der Waals surface area contributed by atoms with Crippen molar-refractivity contribution in [2.24, 2.45) is 0 Å². The zero-order chi connectivity index (χ0) is 18.2. The molecular formula is C16H9ClF3N3O2. The summed E-state index contributed by atoms with van der Waals surface area (Å²) in [5, 5.41) is 8.94. The van der Waals surface area contributed by atoms with Gasteiger partial charge >= 0.3 is 6.18 Å². The summed E-state index contributed by atoms with van der Waals surface area (Å²) in [5.74, 6) is -0.575. The fourth-order valence-corrected chi connectivity index (χ4v) is 2.43. The second-order valence-corrected chi connectivity index (χ2v) is 5.49. The molecule has 0 saturated heterocycles. The van der Waals surface area contributed by atoms with Crippen LogP contribution < -0.4 is 10.9 Å². The highest BCUT2D eigenvalue weighted by atomic mass is 35.5. The fourth-order valence-electron chi connectivity index (χ4n) is 2.22. The minimum atomic E-state index is -4.45. The zero-order valence-corrected chi connectivity index (χ0v) is 13.1. The van der Waals surface area contributed by atoms with Crippen molar-refractivity contribution in [3.05, 3.63) is 69.1 Å². The number of benzene rings is 2. The summed E-state index contributed by atoms with van der Waals surface area (Å²) < 4.78 is 37.6. The first-order chi connectivity index (χ1) is 11.8. The van der Waals surface area contributed by atoms with Crippen LogP contribution in [0.5, 0.6) is 0 Å². The summed E-state index contributed by atoms with van der Waals surface area (Å²) in [7, 11) is 0. The normalized spacial score (nSPS) is 11.5. The summed E-state index contributed by atoms with van der Waals surface area (Å²) in [5.41, 5.74) is -0.978.